The average molecular weight is 237 g/mol. The van der Waals surface area contributed by atoms with E-state index in [-0.39, 0.29) is 6.61 Å². The zero-order chi connectivity index (χ0) is 12.7. The Labute approximate surface area is 104 Å². The van der Waals surface area contributed by atoms with Crippen LogP contribution in [0.5, 0.6) is 0 Å². The van der Waals surface area contributed by atoms with Crippen molar-refractivity contribution in [1.82, 2.24) is 9.97 Å². The molecule has 0 radical (unpaired) electrons. The van der Waals surface area contributed by atoms with Gasteiger partial charge in [0.05, 0.1) is 6.61 Å². The summed E-state index contributed by atoms with van der Waals surface area (Å²) in [6.07, 6.45) is 6.79. The molecule has 17 heavy (non-hydrogen) atoms. The van der Waals surface area contributed by atoms with E-state index in [1.54, 1.807) is 12.4 Å². The van der Waals surface area contributed by atoms with Gasteiger partial charge in [-0.1, -0.05) is 20.3 Å². The lowest BCUT2D eigenvalue weighted by molar-refractivity contribution is 0.281. The lowest BCUT2D eigenvalue weighted by atomic mass is 10.2. The van der Waals surface area contributed by atoms with Crippen LogP contribution in [0.15, 0.2) is 12.4 Å². The van der Waals surface area contributed by atoms with E-state index in [9.17, 15) is 0 Å². The molecule has 0 saturated heterocycles. The Morgan fingerprint density at radius 1 is 1.29 bits per heavy atom. The first-order chi connectivity index (χ1) is 8.22. The zero-order valence-corrected chi connectivity index (χ0v) is 11.1. The molecule has 0 aromatic carbocycles. The van der Waals surface area contributed by atoms with Gasteiger partial charge < -0.3 is 10.0 Å². The van der Waals surface area contributed by atoms with Gasteiger partial charge in [-0.05, 0) is 19.8 Å². The van der Waals surface area contributed by atoms with Crippen LogP contribution >= 0.6 is 0 Å². The fraction of sp³-hybridized carbons (Fsp3) is 0.692. The number of unbranched alkanes of at least 4 members (excludes halogenated alkanes) is 1. The third kappa shape index (κ3) is 3.97. The molecule has 1 N–H and O–H groups in total. The Bertz CT molecular complexity index is 313. The van der Waals surface area contributed by atoms with Crippen LogP contribution in [0.2, 0.25) is 0 Å². The molecule has 0 aliphatic rings. The van der Waals surface area contributed by atoms with E-state index >= 15 is 0 Å². The molecule has 0 aliphatic heterocycles. The number of aliphatic hydroxyl groups excluding tert-OH is 1. The molecule has 0 aliphatic carbocycles. The molecule has 4 nitrogen and oxygen atoms in total. The summed E-state index contributed by atoms with van der Waals surface area (Å²) in [4.78, 5) is 10.9. The highest BCUT2D eigenvalue weighted by Crippen LogP contribution is 2.14. The van der Waals surface area contributed by atoms with Gasteiger partial charge in [-0.2, -0.15) is 0 Å². The maximum Gasteiger partial charge on any atom is 0.225 e. The molecule has 0 bridgehead atoms. The van der Waals surface area contributed by atoms with Crippen molar-refractivity contribution in [2.75, 3.05) is 11.4 Å². The van der Waals surface area contributed by atoms with E-state index in [1.807, 2.05) is 0 Å². The first-order valence-corrected chi connectivity index (χ1v) is 6.41. The van der Waals surface area contributed by atoms with Crippen LogP contribution in [-0.2, 0) is 6.61 Å². The summed E-state index contributed by atoms with van der Waals surface area (Å²) in [6.45, 7) is 7.54. The van der Waals surface area contributed by atoms with Gasteiger partial charge in [0.2, 0.25) is 5.95 Å². The molecule has 1 heterocycles. The minimum Gasteiger partial charge on any atom is -0.392 e. The molecule has 1 unspecified atom stereocenters. The summed E-state index contributed by atoms with van der Waals surface area (Å²) >= 11 is 0. The van der Waals surface area contributed by atoms with Crippen molar-refractivity contribution >= 4 is 5.95 Å². The minimum absolute atomic E-state index is 0.00142. The maximum absolute atomic E-state index is 8.97. The maximum atomic E-state index is 8.97. The van der Waals surface area contributed by atoms with Gasteiger partial charge in [-0.15, -0.1) is 0 Å². The third-order valence-corrected chi connectivity index (χ3v) is 3.01. The van der Waals surface area contributed by atoms with Crippen LogP contribution in [0.1, 0.15) is 45.6 Å². The minimum atomic E-state index is -0.00142. The van der Waals surface area contributed by atoms with Crippen molar-refractivity contribution in [3.63, 3.8) is 0 Å². The van der Waals surface area contributed by atoms with Crippen molar-refractivity contribution < 1.29 is 5.11 Å². The molecule has 1 rings (SSSR count). The quantitative estimate of drug-likeness (QED) is 0.791. The second-order valence-electron chi connectivity index (χ2n) is 4.35. The van der Waals surface area contributed by atoms with E-state index in [1.165, 1.54) is 6.42 Å². The lowest BCUT2D eigenvalue weighted by Crippen LogP contribution is -2.34. The van der Waals surface area contributed by atoms with Gasteiger partial charge in [0.1, 0.15) is 0 Å². The normalized spacial score (nSPS) is 12.5. The van der Waals surface area contributed by atoms with E-state index in [0.717, 1.165) is 30.9 Å². The second kappa shape index (κ2) is 7.22. The molecule has 1 aromatic rings. The van der Waals surface area contributed by atoms with Crippen molar-refractivity contribution in [3.8, 4) is 0 Å². The van der Waals surface area contributed by atoms with Crippen molar-refractivity contribution in [1.29, 1.82) is 0 Å². The molecule has 0 fully saturated rings. The second-order valence-corrected chi connectivity index (χ2v) is 4.35. The number of hydrogen-bond donors (Lipinski definition) is 1. The van der Waals surface area contributed by atoms with E-state index in [0.29, 0.717) is 6.04 Å². The van der Waals surface area contributed by atoms with Crippen LogP contribution < -0.4 is 4.90 Å². The molecular formula is C13H23N3O. The number of rotatable bonds is 7. The smallest absolute Gasteiger partial charge is 0.225 e. The lowest BCUT2D eigenvalue weighted by Gasteiger charge is -2.28. The molecule has 1 atom stereocenters. The monoisotopic (exact) mass is 237 g/mol. The predicted molar refractivity (Wildman–Crippen MR) is 70.0 cm³/mol. The van der Waals surface area contributed by atoms with Crippen molar-refractivity contribution in [2.45, 2.75) is 52.7 Å². The Kier molecular flexibility index (Phi) is 5.91. The number of aromatic nitrogens is 2. The fourth-order valence-corrected chi connectivity index (χ4v) is 1.64. The van der Waals surface area contributed by atoms with Gasteiger partial charge in [0.25, 0.3) is 0 Å². The number of anilines is 1. The molecule has 4 heteroatoms. The largest absolute Gasteiger partial charge is 0.392 e. The number of hydrogen-bond acceptors (Lipinski definition) is 4. The summed E-state index contributed by atoms with van der Waals surface area (Å²) in [7, 11) is 0. The Hall–Kier alpha value is -1.16. The van der Waals surface area contributed by atoms with Crippen LogP contribution in [0.25, 0.3) is 0 Å². The van der Waals surface area contributed by atoms with Gasteiger partial charge in [0, 0.05) is 30.5 Å². The highest BCUT2D eigenvalue weighted by atomic mass is 16.3. The highest BCUT2D eigenvalue weighted by molar-refractivity contribution is 5.31. The summed E-state index contributed by atoms with van der Waals surface area (Å²) in [6, 6.07) is 0.446. The van der Waals surface area contributed by atoms with Crippen LogP contribution in [-0.4, -0.2) is 27.7 Å². The van der Waals surface area contributed by atoms with Gasteiger partial charge >= 0.3 is 0 Å². The van der Waals surface area contributed by atoms with Crippen LogP contribution in [0.4, 0.5) is 5.95 Å². The molecule has 0 spiro atoms. The summed E-state index contributed by atoms with van der Waals surface area (Å²) in [5.74, 6) is 0.769. The molecule has 96 valence electrons. The number of aliphatic hydroxyl groups is 1. The predicted octanol–water partition coefficient (Wildman–Crippen LogP) is 2.37. The van der Waals surface area contributed by atoms with E-state index < -0.39 is 0 Å². The molecule has 1 aromatic heterocycles. The summed E-state index contributed by atoms with van der Waals surface area (Å²) < 4.78 is 0. The van der Waals surface area contributed by atoms with Crippen molar-refractivity contribution in [3.05, 3.63) is 18.0 Å². The van der Waals surface area contributed by atoms with E-state index in [4.69, 9.17) is 5.11 Å². The molecule has 0 saturated carbocycles. The van der Waals surface area contributed by atoms with Crippen LogP contribution in [0.3, 0.4) is 0 Å². The standard InChI is InChI=1S/C13H23N3O/c1-4-6-7-16(11(3)5-2)13-14-8-12(10-17)9-15-13/h8-9,11,17H,4-7,10H2,1-3H3. The van der Waals surface area contributed by atoms with Crippen molar-refractivity contribution in [2.24, 2.45) is 0 Å². The van der Waals surface area contributed by atoms with Gasteiger partial charge in [0.15, 0.2) is 0 Å². The van der Waals surface area contributed by atoms with Gasteiger partial charge in [-0.3, -0.25) is 0 Å². The Balaban J connectivity index is 2.79. The SMILES string of the molecule is CCCCN(c1ncc(CO)cn1)C(C)CC. The summed E-state index contributed by atoms with van der Waals surface area (Å²) in [5.41, 5.74) is 0.758. The third-order valence-electron chi connectivity index (χ3n) is 3.01. The zero-order valence-electron chi connectivity index (χ0n) is 11.1. The molecule has 0 amide bonds. The number of nitrogens with zero attached hydrogens (tertiary/aromatic N) is 3. The fourth-order valence-electron chi connectivity index (χ4n) is 1.64. The first-order valence-electron chi connectivity index (χ1n) is 6.41. The Morgan fingerprint density at radius 2 is 1.94 bits per heavy atom. The highest BCUT2D eigenvalue weighted by Gasteiger charge is 2.14. The van der Waals surface area contributed by atoms with Gasteiger partial charge in [-0.25, -0.2) is 9.97 Å². The van der Waals surface area contributed by atoms with Crippen LogP contribution in [0, 0.1) is 0 Å². The van der Waals surface area contributed by atoms with E-state index in [2.05, 4.69) is 35.6 Å². The topological polar surface area (TPSA) is 49.2 Å². The average Bonchev–Trinajstić information content (AvgIpc) is 2.39. The summed E-state index contributed by atoms with van der Waals surface area (Å²) in [5, 5.41) is 8.97. The Morgan fingerprint density at radius 3 is 2.41 bits per heavy atom. The first kappa shape index (κ1) is 13.9. The molecular weight excluding hydrogens is 214 g/mol.